The standard InChI is InChI=1S/C9H18N2O5S/c1-10(6-4-9(13)14)17(15,16)11-5-2-3-8(11)7-12/h8,12H,2-7H2,1H3,(H,13,14). The summed E-state index contributed by atoms with van der Waals surface area (Å²) in [6.07, 6.45) is 1.13. The summed E-state index contributed by atoms with van der Waals surface area (Å²) >= 11 is 0. The molecule has 0 radical (unpaired) electrons. The molecule has 1 atom stereocenters. The second-order valence-electron chi connectivity index (χ2n) is 4.06. The van der Waals surface area contributed by atoms with Crippen LogP contribution >= 0.6 is 0 Å². The third kappa shape index (κ3) is 3.38. The molecule has 1 rings (SSSR count). The molecule has 2 N–H and O–H groups in total. The minimum atomic E-state index is -3.65. The third-order valence-corrected chi connectivity index (χ3v) is 4.91. The second-order valence-corrected chi connectivity index (χ2v) is 6.05. The van der Waals surface area contributed by atoms with Crippen LogP contribution in [0.25, 0.3) is 0 Å². The highest BCUT2D eigenvalue weighted by atomic mass is 32.2. The van der Waals surface area contributed by atoms with Crippen LogP contribution in [0.5, 0.6) is 0 Å². The lowest BCUT2D eigenvalue weighted by Crippen LogP contribution is -2.46. The Bertz CT molecular complexity index is 370. The van der Waals surface area contributed by atoms with Crippen molar-refractivity contribution in [2.75, 3.05) is 26.7 Å². The molecule has 0 bridgehead atoms. The van der Waals surface area contributed by atoms with Gasteiger partial charge in [-0.2, -0.15) is 17.0 Å². The Kier molecular flexibility index (Phi) is 4.87. The molecule has 0 aromatic rings. The summed E-state index contributed by atoms with van der Waals surface area (Å²) in [6, 6.07) is -0.382. The van der Waals surface area contributed by atoms with E-state index in [1.807, 2.05) is 0 Å². The lowest BCUT2D eigenvalue weighted by molar-refractivity contribution is -0.137. The van der Waals surface area contributed by atoms with Gasteiger partial charge in [0.1, 0.15) is 0 Å². The van der Waals surface area contributed by atoms with Crippen LogP contribution in [-0.4, -0.2) is 66.0 Å². The summed E-state index contributed by atoms with van der Waals surface area (Å²) in [7, 11) is -2.30. The molecular weight excluding hydrogens is 248 g/mol. The van der Waals surface area contributed by atoms with E-state index < -0.39 is 16.2 Å². The fraction of sp³-hybridized carbons (Fsp3) is 0.889. The lowest BCUT2D eigenvalue weighted by atomic mass is 10.2. The maximum Gasteiger partial charge on any atom is 0.304 e. The van der Waals surface area contributed by atoms with Gasteiger partial charge in [0.05, 0.1) is 13.0 Å². The van der Waals surface area contributed by atoms with Gasteiger partial charge >= 0.3 is 5.97 Å². The van der Waals surface area contributed by atoms with Crippen LogP contribution < -0.4 is 0 Å². The molecule has 1 fully saturated rings. The first-order valence-corrected chi connectivity index (χ1v) is 6.85. The Hall–Kier alpha value is -0.700. The van der Waals surface area contributed by atoms with Crippen molar-refractivity contribution in [1.29, 1.82) is 0 Å². The highest BCUT2D eigenvalue weighted by molar-refractivity contribution is 7.86. The zero-order valence-electron chi connectivity index (χ0n) is 9.74. The van der Waals surface area contributed by atoms with E-state index in [0.717, 1.165) is 10.7 Å². The fourth-order valence-corrected chi connectivity index (χ4v) is 3.43. The van der Waals surface area contributed by atoms with Crippen molar-refractivity contribution < 1.29 is 23.4 Å². The molecule has 1 unspecified atom stereocenters. The smallest absolute Gasteiger partial charge is 0.304 e. The summed E-state index contributed by atoms with van der Waals surface area (Å²) in [5, 5.41) is 17.6. The summed E-state index contributed by atoms with van der Waals surface area (Å²) in [4.78, 5) is 10.4. The molecule has 1 saturated heterocycles. The molecule has 0 spiro atoms. The van der Waals surface area contributed by atoms with Crippen molar-refractivity contribution in [3.05, 3.63) is 0 Å². The zero-order valence-corrected chi connectivity index (χ0v) is 10.6. The average Bonchev–Trinajstić information content (AvgIpc) is 2.74. The molecule has 8 heteroatoms. The first-order chi connectivity index (χ1) is 7.89. The number of aliphatic hydroxyl groups is 1. The molecule has 0 aromatic heterocycles. The summed E-state index contributed by atoms with van der Waals surface area (Å²) < 4.78 is 26.4. The van der Waals surface area contributed by atoms with Gasteiger partial charge in [0.2, 0.25) is 0 Å². The summed E-state index contributed by atoms with van der Waals surface area (Å²) in [5.74, 6) is -1.04. The van der Waals surface area contributed by atoms with Gasteiger partial charge in [-0.05, 0) is 12.8 Å². The Morgan fingerprint density at radius 2 is 2.18 bits per heavy atom. The molecule has 17 heavy (non-hydrogen) atoms. The summed E-state index contributed by atoms with van der Waals surface area (Å²) in [5.41, 5.74) is 0. The number of hydrogen-bond acceptors (Lipinski definition) is 4. The molecule has 1 aliphatic rings. The van der Waals surface area contributed by atoms with Crippen LogP contribution in [0.1, 0.15) is 19.3 Å². The van der Waals surface area contributed by atoms with E-state index in [1.54, 1.807) is 0 Å². The number of hydrogen-bond donors (Lipinski definition) is 2. The molecule has 1 aliphatic heterocycles. The Labute approximate surface area is 101 Å². The Balaban J connectivity index is 2.69. The van der Waals surface area contributed by atoms with Gasteiger partial charge in [-0.25, -0.2) is 0 Å². The van der Waals surface area contributed by atoms with Crippen LogP contribution in [0.4, 0.5) is 0 Å². The second kappa shape index (κ2) is 5.76. The van der Waals surface area contributed by atoms with E-state index in [1.165, 1.54) is 11.4 Å². The van der Waals surface area contributed by atoms with Crippen molar-refractivity contribution in [2.45, 2.75) is 25.3 Å². The molecule has 0 aromatic carbocycles. The van der Waals surface area contributed by atoms with E-state index in [0.29, 0.717) is 13.0 Å². The Morgan fingerprint density at radius 1 is 1.53 bits per heavy atom. The van der Waals surface area contributed by atoms with Crippen molar-refractivity contribution in [3.8, 4) is 0 Å². The first kappa shape index (κ1) is 14.4. The van der Waals surface area contributed by atoms with Gasteiger partial charge in [0, 0.05) is 26.2 Å². The molecule has 100 valence electrons. The zero-order chi connectivity index (χ0) is 13.1. The maximum absolute atomic E-state index is 12.1. The van der Waals surface area contributed by atoms with E-state index >= 15 is 0 Å². The van der Waals surface area contributed by atoms with E-state index in [-0.39, 0.29) is 25.6 Å². The number of carboxylic acids is 1. The van der Waals surface area contributed by atoms with Crippen molar-refractivity contribution >= 4 is 16.2 Å². The van der Waals surface area contributed by atoms with E-state index in [9.17, 15) is 13.2 Å². The fourth-order valence-electron chi connectivity index (χ4n) is 1.84. The number of aliphatic carboxylic acids is 1. The SMILES string of the molecule is CN(CCC(=O)O)S(=O)(=O)N1CCCC1CO. The Morgan fingerprint density at radius 3 is 2.71 bits per heavy atom. The molecule has 1 heterocycles. The van der Waals surface area contributed by atoms with Crippen LogP contribution in [0.3, 0.4) is 0 Å². The highest BCUT2D eigenvalue weighted by Crippen LogP contribution is 2.22. The number of nitrogens with zero attached hydrogens (tertiary/aromatic N) is 2. The van der Waals surface area contributed by atoms with E-state index in [4.69, 9.17) is 10.2 Å². The van der Waals surface area contributed by atoms with E-state index in [2.05, 4.69) is 0 Å². The van der Waals surface area contributed by atoms with Crippen molar-refractivity contribution in [3.63, 3.8) is 0 Å². The highest BCUT2D eigenvalue weighted by Gasteiger charge is 2.36. The monoisotopic (exact) mass is 266 g/mol. The largest absolute Gasteiger partial charge is 0.481 e. The minimum Gasteiger partial charge on any atom is -0.481 e. The number of aliphatic hydroxyl groups excluding tert-OH is 1. The molecule has 0 amide bonds. The van der Waals surface area contributed by atoms with Gasteiger partial charge in [0.15, 0.2) is 0 Å². The molecular formula is C9H18N2O5S. The third-order valence-electron chi connectivity index (χ3n) is 2.86. The molecule has 7 nitrogen and oxygen atoms in total. The predicted octanol–water partition coefficient (Wildman–Crippen LogP) is -0.906. The van der Waals surface area contributed by atoms with Crippen LogP contribution in [0.2, 0.25) is 0 Å². The van der Waals surface area contributed by atoms with Gasteiger partial charge in [0.25, 0.3) is 10.2 Å². The topological polar surface area (TPSA) is 98.2 Å². The minimum absolute atomic E-state index is 0.0632. The number of carboxylic acid groups (broad SMARTS) is 1. The quantitative estimate of drug-likeness (QED) is 0.649. The van der Waals surface area contributed by atoms with Crippen LogP contribution in [0, 0.1) is 0 Å². The van der Waals surface area contributed by atoms with Gasteiger partial charge in [-0.15, -0.1) is 0 Å². The van der Waals surface area contributed by atoms with Gasteiger partial charge in [-0.1, -0.05) is 0 Å². The molecule has 0 aliphatic carbocycles. The predicted molar refractivity (Wildman–Crippen MR) is 60.6 cm³/mol. The average molecular weight is 266 g/mol. The van der Waals surface area contributed by atoms with Crippen LogP contribution in [-0.2, 0) is 15.0 Å². The lowest BCUT2D eigenvalue weighted by Gasteiger charge is -2.27. The van der Waals surface area contributed by atoms with Crippen LogP contribution in [0.15, 0.2) is 0 Å². The normalized spacial score (nSPS) is 22.2. The number of rotatable bonds is 6. The number of carbonyl (C=O) groups is 1. The summed E-state index contributed by atoms with van der Waals surface area (Å²) in [6.45, 7) is 0.114. The first-order valence-electron chi connectivity index (χ1n) is 5.45. The van der Waals surface area contributed by atoms with Crippen molar-refractivity contribution in [1.82, 2.24) is 8.61 Å². The maximum atomic E-state index is 12.1. The van der Waals surface area contributed by atoms with Gasteiger partial charge in [-0.3, -0.25) is 4.79 Å². The van der Waals surface area contributed by atoms with Crippen molar-refractivity contribution in [2.24, 2.45) is 0 Å². The molecule has 0 saturated carbocycles. The van der Waals surface area contributed by atoms with Gasteiger partial charge < -0.3 is 10.2 Å².